The van der Waals surface area contributed by atoms with Crippen LogP contribution in [0.2, 0.25) is 0 Å². The minimum Gasteiger partial charge on any atom is -0.304 e. The topological polar surface area (TPSA) is 65.1 Å². The molecular weight excluding hydrogens is 208 g/mol. The maximum atomic E-state index is 11.9. The number of aromatic nitrogens is 1. The Hall–Kier alpha value is -1.65. The van der Waals surface area contributed by atoms with Crippen LogP contribution in [0.15, 0.2) is 16.9 Å². The van der Waals surface area contributed by atoms with Crippen molar-refractivity contribution in [3.63, 3.8) is 0 Å². The molecule has 5 heteroatoms. The van der Waals surface area contributed by atoms with Crippen molar-refractivity contribution in [1.29, 1.82) is 0 Å². The number of pyridine rings is 1. The predicted octanol–water partition coefficient (Wildman–Crippen LogP) is 2.18. The lowest BCUT2D eigenvalue weighted by atomic mass is 10.2. The number of nitrogens with zero attached hydrogens (tertiary/aromatic N) is 2. The Morgan fingerprint density at radius 1 is 1.38 bits per heavy atom. The molecule has 0 atom stereocenters. The van der Waals surface area contributed by atoms with Gasteiger partial charge in [0.15, 0.2) is 0 Å². The fourth-order valence-corrected chi connectivity index (χ4v) is 2.39. The van der Waals surface area contributed by atoms with E-state index in [1.165, 1.54) is 6.07 Å². The Morgan fingerprint density at radius 3 is 2.56 bits per heavy atom. The molecule has 0 radical (unpaired) electrons. The number of hydrogen-bond donors (Lipinski definition) is 0. The van der Waals surface area contributed by atoms with Gasteiger partial charge in [-0.3, -0.25) is 14.9 Å². The second-order valence-corrected chi connectivity index (χ2v) is 4.23. The first kappa shape index (κ1) is 10.9. The van der Waals surface area contributed by atoms with Gasteiger partial charge in [-0.2, -0.15) is 0 Å². The summed E-state index contributed by atoms with van der Waals surface area (Å²) in [6.07, 6.45) is 4.09. The normalized spacial score (nSPS) is 16.6. The lowest BCUT2D eigenvalue weighted by molar-refractivity contribution is -0.386. The van der Waals surface area contributed by atoms with Crippen LogP contribution < -0.4 is 5.56 Å². The standard InChI is InChI=1S/C11H14N2O3/c1-8-6-7-10(13(15)16)11(14)12(8)9-4-2-3-5-9/h6-7,9H,2-5H2,1H3. The SMILES string of the molecule is Cc1ccc([N+](=O)[O-])c(=O)n1C1CCCC1. The van der Waals surface area contributed by atoms with E-state index < -0.39 is 10.5 Å². The molecule has 1 aromatic rings. The number of rotatable bonds is 2. The monoisotopic (exact) mass is 222 g/mol. The Morgan fingerprint density at radius 2 is 2.00 bits per heavy atom. The molecule has 0 bridgehead atoms. The highest BCUT2D eigenvalue weighted by Crippen LogP contribution is 2.29. The molecule has 0 amide bonds. The summed E-state index contributed by atoms with van der Waals surface area (Å²) in [4.78, 5) is 22.0. The van der Waals surface area contributed by atoms with Gasteiger partial charge in [-0.1, -0.05) is 12.8 Å². The predicted molar refractivity (Wildman–Crippen MR) is 59.6 cm³/mol. The second kappa shape index (κ2) is 4.08. The molecule has 0 aromatic carbocycles. The fourth-order valence-electron chi connectivity index (χ4n) is 2.39. The molecule has 16 heavy (non-hydrogen) atoms. The third-order valence-electron chi connectivity index (χ3n) is 3.19. The fraction of sp³-hybridized carbons (Fsp3) is 0.545. The van der Waals surface area contributed by atoms with Crippen LogP contribution in [0.25, 0.3) is 0 Å². The Balaban J connectivity index is 2.54. The summed E-state index contributed by atoms with van der Waals surface area (Å²) in [6, 6.07) is 3.09. The number of hydrogen-bond acceptors (Lipinski definition) is 3. The van der Waals surface area contributed by atoms with Crippen molar-refractivity contribution in [3.05, 3.63) is 38.3 Å². The van der Waals surface area contributed by atoms with E-state index >= 15 is 0 Å². The summed E-state index contributed by atoms with van der Waals surface area (Å²) in [5, 5.41) is 10.7. The molecule has 1 aromatic heterocycles. The molecule has 0 saturated heterocycles. The first-order valence-corrected chi connectivity index (χ1v) is 5.48. The van der Waals surface area contributed by atoms with Gasteiger partial charge in [0, 0.05) is 17.8 Å². The van der Waals surface area contributed by atoms with Gasteiger partial charge in [0.1, 0.15) is 0 Å². The zero-order valence-electron chi connectivity index (χ0n) is 9.18. The molecule has 1 saturated carbocycles. The van der Waals surface area contributed by atoms with Gasteiger partial charge >= 0.3 is 11.2 Å². The van der Waals surface area contributed by atoms with Gasteiger partial charge in [0.05, 0.1) is 4.92 Å². The largest absolute Gasteiger partial charge is 0.334 e. The molecule has 2 rings (SSSR count). The van der Waals surface area contributed by atoms with Crippen LogP contribution in [0.3, 0.4) is 0 Å². The van der Waals surface area contributed by atoms with Crippen molar-refractivity contribution in [2.75, 3.05) is 0 Å². The first-order chi connectivity index (χ1) is 7.61. The van der Waals surface area contributed by atoms with Crippen molar-refractivity contribution in [2.24, 2.45) is 0 Å². The summed E-state index contributed by atoms with van der Waals surface area (Å²) in [7, 11) is 0. The number of aryl methyl sites for hydroxylation is 1. The third-order valence-corrected chi connectivity index (χ3v) is 3.19. The van der Waals surface area contributed by atoms with E-state index in [-0.39, 0.29) is 11.7 Å². The Kier molecular flexibility index (Phi) is 2.77. The number of nitro groups is 1. The van der Waals surface area contributed by atoms with Crippen LogP contribution in [0, 0.1) is 17.0 Å². The summed E-state index contributed by atoms with van der Waals surface area (Å²) < 4.78 is 1.59. The minimum atomic E-state index is -0.604. The lowest BCUT2D eigenvalue weighted by Gasteiger charge is -2.16. The smallest absolute Gasteiger partial charge is 0.304 e. The highest BCUT2D eigenvalue weighted by molar-refractivity contribution is 5.28. The van der Waals surface area contributed by atoms with Gasteiger partial charge in [-0.15, -0.1) is 0 Å². The van der Waals surface area contributed by atoms with Crippen LogP contribution in [0.4, 0.5) is 5.69 Å². The summed E-state index contributed by atoms with van der Waals surface area (Å²) >= 11 is 0. The van der Waals surface area contributed by atoms with Gasteiger partial charge in [-0.05, 0) is 25.8 Å². The van der Waals surface area contributed by atoms with Crippen molar-refractivity contribution in [3.8, 4) is 0 Å². The minimum absolute atomic E-state index is 0.146. The van der Waals surface area contributed by atoms with Gasteiger partial charge < -0.3 is 4.57 Å². The van der Waals surface area contributed by atoms with E-state index in [1.807, 2.05) is 6.92 Å². The van der Waals surface area contributed by atoms with E-state index in [4.69, 9.17) is 0 Å². The van der Waals surface area contributed by atoms with Crippen LogP contribution >= 0.6 is 0 Å². The van der Waals surface area contributed by atoms with E-state index in [0.29, 0.717) is 0 Å². The van der Waals surface area contributed by atoms with Crippen molar-refractivity contribution in [2.45, 2.75) is 38.6 Å². The average Bonchev–Trinajstić information content (AvgIpc) is 2.70. The van der Waals surface area contributed by atoms with E-state index in [0.717, 1.165) is 31.4 Å². The van der Waals surface area contributed by atoms with E-state index in [1.54, 1.807) is 10.6 Å². The summed E-state index contributed by atoms with van der Waals surface area (Å²) in [5.74, 6) is 0. The van der Waals surface area contributed by atoms with Crippen LogP contribution in [-0.4, -0.2) is 9.49 Å². The van der Waals surface area contributed by atoms with Gasteiger partial charge in [-0.25, -0.2) is 0 Å². The maximum Gasteiger partial charge on any atom is 0.334 e. The third kappa shape index (κ3) is 1.73. The molecule has 0 spiro atoms. The van der Waals surface area contributed by atoms with E-state index in [9.17, 15) is 14.9 Å². The second-order valence-electron chi connectivity index (χ2n) is 4.23. The molecule has 1 aliphatic rings. The maximum absolute atomic E-state index is 11.9. The molecule has 1 heterocycles. The van der Waals surface area contributed by atoms with Crippen LogP contribution in [-0.2, 0) is 0 Å². The Labute approximate surface area is 92.9 Å². The summed E-state index contributed by atoms with van der Waals surface area (Å²) in [5.41, 5.74) is 0.0249. The molecule has 0 aliphatic heterocycles. The van der Waals surface area contributed by atoms with Gasteiger partial charge in [0.2, 0.25) is 0 Å². The Bertz CT molecular complexity index is 473. The van der Waals surface area contributed by atoms with Crippen molar-refractivity contribution in [1.82, 2.24) is 4.57 Å². The van der Waals surface area contributed by atoms with Crippen molar-refractivity contribution < 1.29 is 4.92 Å². The first-order valence-electron chi connectivity index (χ1n) is 5.48. The molecular formula is C11H14N2O3. The summed E-state index contributed by atoms with van der Waals surface area (Å²) in [6.45, 7) is 1.82. The highest BCUT2D eigenvalue weighted by Gasteiger charge is 2.23. The zero-order valence-corrected chi connectivity index (χ0v) is 9.18. The van der Waals surface area contributed by atoms with Gasteiger partial charge in [0.25, 0.3) is 0 Å². The molecule has 1 fully saturated rings. The van der Waals surface area contributed by atoms with Crippen molar-refractivity contribution >= 4 is 5.69 Å². The quantitative estimate of drug-likeness (QED) is 0.569. The van der Waals surface area contributed by atoms with E-state index in [2.05, 4.69) is 0 Å². The lowest BCUT2D eigenvalue weighted by Crippen LogP contribution is -2.27. The molecule has 86 valence electrons. The average molecular weight is 222 g/mol. The molecule has 5 nitrogen and oxygen atoms in total. The van der Waals surface area contributed by atoms with Crippen LogP contribution in [0.1, 0.15) is 37.4 Å². The molecule has 0 N–H and O–H groups in total. The molecule has 1 aliphatic carbocycles. The zero-order chi connectivity index (χ0) is 11.7. The molecule has 0 unspecified atom stereocenters. The highest BCUT2D eigenvalue weighted by atomic mass is 16.6. The van der Waals surface area contributed by atoms with Crippen LogP contribution in [0.5, 0.6) is 0 Å².